The first kappa shape index (κ1) is 10.3. The molecule has 0 unspecified atom stereocenters. The highest BCUT2D eigenvalue weighted by Gasteiger charge is 2.05. The van der Waals surface area contributed by atoms with Crippen LogP contribution in [-0.4, -0.2) is 29.9 Å². The monoisotopic (exact) mass is 172 g/mol. The fraction of sp³-hybridized carbons (Fsp3) is 0.286. The number of carbonyl (C=O) groups excluding carboxylic acids is 2. The van der Waals surface area contributed by atoms with Gasteiger partial charge in [-0.25, -0.2) is 4.79 Å². The number of Topliss-reactive ketones (excluding diaryl/α,β-unsaturated/α-hetero) is 1. The van der Waals surface area contributed by atoms with Gasteiger partial charge in [-0.05, 0) is 6.92 Å². The Morgan fingerprint density at radius 3 is 2.42 bits per heavy atom. The number of carbonyl (C=O) groups is 3. The van der Waals surface area contributed by atoms with Gasteiger partial charge in [0.25, 0.3) is 6.47 Å². The van der Waals surface area contributed by atoms with Crippen molar-refractivity contribution in [2.24, 2.45) is 0 Å². The fourth-order valence-corrected chi connectivity index (χ4v) is 0.518. The Labute approximate surface area is 68.6 Å². The largest absolute Gasteiger partial charge is 0.478 e. The van der Waals surface area contributed by atoms with Crippen LogP contribution in [0.4, 0.5) is 0 Å². The second-order valence-electron chi connectivity index (χ2n) is 1.97. The van der Waals surface area contributed by atoms with Gasteiger partial charge in [0.05, 0.1) is 0 Å². The van der Waals surface area contributed by atoms with E-state index in [0.29, 0.717) is 6.08 Å². The normalized spacial score (nSPS) is 10.6. The zero-order chi connectivity index (χ0) is 9.56. The van der Waals surface area contributed by atoms with E-state index in [1.807, 2.05) is 0 Å². The molecule has 0 bridgehead atoms. The summed E-state index contributed by atoms with van der Waals surface area (Å²) in [5.41, 5.74) is -0.0467. The molecule has 0 heterocycles. The molecule has 0 aliphatic carbocycles. The van der Waals surface area contributed by atoms with Crippen molar-refractivity contribution in [3.05, 3.63) is 11.6 Å². The van der Waals surface area contributed by atoms with Crippen molar-refractivity contribution in [2.75, 3.05) is 6.61 Å². The van der Waals surface area contributed by atoms with Gasteiger partial charge in [-0.1, -0.05) is 0 Å². The maximum absolute atomic E-state index is 10.7. The summed E-state index contributed by atoms with van der Waals surface area (Å²) >= 11 is 0. The highest BCUT2D eigenvalue weighted by Crippen LogP contribution is 1.96. The van der Waals surface area contributed by atoms with Crippen LogP contribution in [0.5, 0.6) is 0 Å². The average molecular weight is 172 g/mol. The van der Waals surface area contributed by atoms with E-state index in [4.69, 9.17) is 5.11 Å². The quantitative estimate of drug-likeness (QED) is 0.457. The Morgan fingerprint density at radius 2 is 2.08 bits per heavy atom. The van der Waals surface area contributed by atoms with E-state index in [1.165, 1.54) is 6.92 Å². The van der Waals surface area contributed by atoms with Crippen LogP contribution in [0.3, 0.4) is 0 Å². The number of hydrogen-bond donors (Lipinski definition) is 1. The molecule has 0 aliphatic heterocycles. The molecule has 0 aromatic heterocycles. The zero-order valence-corrected chi connectivity index (χ0v) is 6.44. The van der Waals surface area contributed by atoms with Crippen molar-refractivity contribution < 1.29 is 24.2 Å². The lowest BCUT2D eigenvalue weighted by atomic mass is 10.2. The van der Waals surface area contributed by atoms with E-state index in [1.54, 1.807) is 0 Å². The molecule has 0 aliphatic rings. The molecule has 0 aromatic carbocycles. The van der Waals surface area contributed by atoms with E-state index in [9.17, 15) is 14.4 Å². The highest BCUT2D eigenvalue weighted by molar-refractivity contribution is 5.99. The summed E-state index contributed by atoms with van der Waals surface area (Å²) in [5, 5.41) is 8.26. The van der Waals surface area contributed by atoms with Gasteiger partial charge in [-0.15, -0.1) is 0 Å². The number of ketones is 1. The topological polar surface area (TPSA) is 80.7 Å². The maximum Gasteiger partial charge on any atom is 0.328 e. The minimum Gasteiger partial charge on any atom is -0.478 e. The third-order valence-corrected chi connectivity index (χ3v) is 1.06. The predicted octanol–water partition coefficient (Wildman–Crippen LogP) is -0.241. The van der Waals surface area contributed by atoms with E-state index in [2.05, 4.69) is 4.74 Å². The number of carboxylic acids is 1. The summed E-state index contributed by atoms with van der Waals surface area (Å²) in [4.78, 5) is 30.5. The standard InChI is InChI=1S/C7H8O5/c1-5(9)6(2-7(10)11)3-12-4-8/h2,4H,3H2,1H3,(H,10,11)/b6-2-. The molecule has 0 rings (SSSR count). The van der Waals surface area contributed by atoms with Crippen LogP contribution in [0.2, 0.25) is 0 Å². The molecule has 12 heavy (non-hydrogen) atoms. The molecule has 0 saturated heterocycles. The molecule has 0 saturated carbocycles. The summed E-state index contributed by atoms with van der Waals surface area (Å²) in [5.74, 6) is -1.67. The van der Waals surface area contributed by atoms with Crippen LogP contribution in [-0.2, 0) is 19.1 Å². The van der Waals surface area contributed by atoms with Gasteiger partial charge in [0.15, 0.2) is 5.78 Å². The lowest BCUT2D eigenvalue weighted by molar-refractivity contribution is -0.132. The molecule has 66 valence electrons. The van der Waals surface area contributed by atoms with Crippen molar-refractivity contribution in [2.45, 2.75) is 6.92 Å². The molecule has 0 spiro atoms. The average Bonchev–Trinajstić information content (AvgIpc) is 1.96. The van der Waals surface area contributed by atoms with Crippen LogP contribution < -0.4 is 0 Å². The van der Waals surface area contributed by atoms with Gasteiger partial charge in [0.1, 0.15) is 6.61 Å². The fourth-order valence-electron chi connectivity index (χ4n) is 0.518. The molecule has 0 radical (unpaired) electrons. The second-order valence-corrected chi connectivity index (χ2v) is 1.97. The molecule has 5 nitrogen and oxygen atoms in total. The zero-order valence-electron chi connectivity index (χ0n) is 6.44. The third-order valence-electron chi connectivity index (χ3n) is 1.06. The van der Waals surface area contributed by atoms with Crippen molar-refractivity contribution in [1.29, 1.82) is 0 Å². The molecule has 0 fully saturated rings. The van der Waals surface area contributed by atoms with Crippen LogP contribution in [0.15, 0.2) is 11.6 Å². The van der Waals surface area contributed by atoms with E-state index in [-0.39, 0.29) is 18.7 Å². The van der Waals surface area contributed by atoms with Gasteiger partial charge in [-0.2, -0.15) is 0 Å². The van der Waals surface area contributed by atoms with E-state index in [0.717, 1.165) is 0 Å². The Balaban J connectivity index is 4.32. The summed E-state index contributed by atoms with van der Waals surface area (Å²) < 4.78 is 4.22. The van der Waals surface area contributed by atoms with Gasteiger partial charge >= 0.3 is 5.97 Å². The minimum atomic E-state index is -1.24. The SMILES string of the molecule is CC(=O)/C(=C\C(=O)O)COC=O. The Morgan fingerprint density at radius 1 is 1.50 bits per heavy atom. The Kier molecular flexibility index (Phi) is 4.36. The predicted molar refractivity (Wildman–Crippen MR) is 38.4 cm³/mol. The molecule has 5 heteroatoms. The van der Waals surface area contributed by atoms with Crippen LogP contribution in [0, 0.1) is 0 Å². The van der Waals surface area contributed by atoms with Gasteiger partial charge in [0.2, 0.25) is 0 Å². The molecule has 0 aromatic rings. The first-order valence-electron chi connectivity index (χ1n) is 3.07. The summed E-state index contributed by atoms with van der Waals surface area (Å²) in [7, 11) is 0. The van der Waals surface area contributed by atoms with Gasteiger partial charge in [0, 0.05) is 11.6 Å². The molecular formula is C7H8O5. The first-order chi connectivity index (χ1) is 5.57. The molecule has 0 amide bonds. The van der Waals surface area contributed by atoms with Crippen molar-refractivity contribution in [1.82, 2.24) is 0 Å². The van der Waals surface area contributed by atoms with Crippen molar-refractivity contribution >= 4 is 18.2 Å². The number of carboxylic acid groups (broad SMARTS) is 1. The van der Waals surface area contributed by atoms with Gasteiger partial charge < -0.3 is 9.84 Å². The summed E-state index contributed by atoms with van der Waals surface area (Å²) in [6.45, 7) is 1.05. The van der Waals surface area contributed by atoms with Crippen LogP contribution >= 0.6 is 0 Å². The van der Waals surface area contributed by atoms with Crippen LogP contribution in [0.1, 0.15) is 6.92 Å². The summed E-state index contributed by atoms with van der Waals surface area (Å²) in [6.07, 6.45) is 0.714. The van der Waals surface area contributed by atoms with Crippen molar-refractivity contribution in [3.8, 4) is 0 Å². The highest BCUT2D eigenvalue weighted by atomic mass is 16.5. The minimum absolute atomic E-state index is 0.0467. The van der Waals surface area contributed by atoms with Gasteiger partial charge in [-0.3, -0.25) is 9.59 Å². The number of rotatable bonds is 5. The van der Waals surface area contributed by atoms with E-state index >= 15 is 0 Å². The van der Waals surface area contributed by atoms with E-state index < -0.39 is 11.8 Å². The number of aliphatic carboxylic acids is 1. The lowest BCUT2D eigenvalue weighted by Crippen LogP contribution is -2.07. The first-order valence-corrected chi connectivity index (χ1v) is 3.07. The smallest absolute Gasteiger partial charge is 0.328 e. The van der Waals surface area contributed by atoms with Crippen LogP contribution in [0.25, 0.3) is 0 Å². The van der Waals surface area contributed by atoms with Crippen molar-refractivity contribution in [3.63, 3.8) is 0 Å². The third kappa shape index (κ3) is 4.21. The maximum atomic E-state index is 10.7. The molecule has 1 N–H and O–H groups in total. The number of hydrogen-bond acceptors (Lipinski definition) is 4. The number of ether oxygens (including phenoxy) is 1. The Hall–Kier alpha value is -1.65. The summed E-state index contributed by atoms with van der Waals surface area (Å²) in [6, 6.07) is 0. The second kappa shape index (κ2) is 5.06. The molecule has 0 atom stereocenters. The molecular weight excluding hydrogens is 164 g/mol. The Bertz CT molecular complexity index is 228. The lowest BCUT2D eigenvalue weighted by Gasteiger charge is -1.98.